The number of thiocarbonyl (C=S) groups is 1. The van der Waals surface area contributed by atoms with Crippen LogP contribution >= 0.6 is 12.2 Å². The van der Waals surface area contributed by atoms with Crippen LogP contribution in [0.15, 0.2) is 6.20 Å². The van der Waals surface area contributed by atoms with Gasteiger partial charge in [-0.2, -0.15) is 5.10 Å². The Bertz CT molecular complexity index is 467. The number of carbonyl (C=O) groups is 1. The molecule has 0 saturated carbocycles. The van der Waals surface area contributed by atoms with E-state index >= 15 is 0 Å². The van der Waals surface area contributed by atoms with E-state index in [0.717, 1.165) is 6.42 Å². The van der Waals surface area contributed by atoms with Gasteiger partial charge in [-0.15, -0.1) is 0 Å². The molecular weight excluding hydrogens is 254 g/mol. The molecule has 2 rings (SSSR count). The van der Waals surface area contributed by atoms with Crippen LogP contribution in [-0.2, 0) is 11.8 Å². The first kappa shape index (κ1) is 12.8. The second-order valence-electron chi connectivity index (χ2n) is 4.05. The number of hydrogen-bond donors (Lipinski definition) is 3. The predicted molar refractivity (Wildman–Crippen MR) is 70.5 cm³/mol. The molecule has 1 atom stereocenters. The summed E-state index contributed by atoms with van der Waals surface area (Å²) in [6.07, 6.45) is 2.34. The molecule has 1 aromatic rings. The number of nitrogens with two attached hydrogens (primary N) is 1. The van der Waals surface area contributed by atoms with Gasteiger partial charge in [0, 0.05) is 13.7 Å². The monoisotopic (exact) mass is 269 g/mol. The maximum atomic E-state index is 11.8. The van der Waals surface area contributed by atoms with Gasteiger partial charge in [0.05, 0.1) is 24.4 Å². The molecule has 1 aromatic heterocycles. The number of nitrogens with one attached hydrogen (secondary N) is 2. The fraction of sp³-hybridized carbons (Fsp3) is 0.500. The molecule has 0 radical (unpaired) electrons. The number of aromatic nitrogens is 2. The predicted octanol–water partition coefficient (Wildman–Crippen LogP) is -0.0353. The molecule has 7 nitrogen and oxygen atoms in total. The van der Waals surface area contributed by atoms with Gasteiger partial charge in [0.1, 0.15) is 10.8 Å². The minimum Gasteiger partial charge on any atom is -0.389 e. The van der Waals surface area contributed by atoms with Crippen molar-refractivity contribution in [1.82, 2.24) is 15.1 Å². The quantitative estimate of drug-likeness (QED) is 0.670. The van der Waals surface area contributed by atoms with Crippen LogP contribution in [0.3, 0.4) is 0 Å². The minimum absolute atomic E-state index is 0.0477. The Morgan fingerprint density at radius 1 is 1.72 bits per heavy atom. The Morgan fingerprint density at radius 3 is 3.11 bits per heavy atom. The van der Waals surface area contributed by atoms with Gasteiger partial charge in [-0.25, -0.2) is 4.79 Å². The van der Waals surface area contributed by atoms with E-state index < -0.39 is 0 Å². The highest BCUT2D eigenvalue weighted by Crippen LogP contribution is 2.13. The molecule has 2 amide bonds. The fourth-order valence-electron chi connectivity index (χ4n) is 1.74. The third-order valence-corrected chi connectivity index (χ3v) is 2.92. The average Bonchev–Trinajstić information content (AvgIpc) is 2.90. The second-order valence-corrected chi connectivity index (χ2v) is 4.49. The van der Waals surface area contributed by atoms with Gasteiger partial charge in [0.15, 0.2) is 0 Å². The second kappa shape index (κ2) is 5.32. The van der Waals surface area contributed by atoms with Crippen molar-refractivity contribution in [2.75, 3.05) is 18.5 Å². The summed E-state index contributed by atoms with van der Waals surface area (Å²) in [6.45, 7) is 1.22. The Morgan fingerprint density at radius 2 is 2.50 bits per heavy atom. The lowest BCUT2D eigenvalue weighted by molar-refractivity contribution is 0.189. The molecule has 1 aliphatic rings. The minimum atomic E-state index is -0.313. The number of anilines is 1. The Hall–Kier alpha value is -1.67. The largest absolute Gasteiger partial charge is 0.389 e. The van der Waals surface area contributed by atoms with Crippen LogP contribution in [0, 0.1) is 0 Å². The van der Waals surface area contributed by atoms with Crippen LogP contribution in [0.25, 0.3) is 0 Å². The molecule has 18 heavy (non-hydrogen) atoms. The molecule has 1 aliphatic heterocycles. The zero-order valence-corrected chi connectivity index (χ0v) is 10.8. The summed E-state index contributed by atoms with van der Waals surface area (Å²) in [6, 6.07) is -0.266. The van der Waals surface area contributed by atoms with Crippen molar-refractivity contribution in [2.24, 2.45) is 12.8 Å². The standard InChI is InChI=1S/C10H15N5O2S/c1-15-9(7(4-12-15)8(11)18)14-10(16)13-6-2-3-17-5-6/h4,6H,2-3,5H2,1H3,(H2,11,18)(H2,13,14,16). The van der Waals surface area contributed by atoms with Crippen LogP contribution < -0.4 is 16.4 Å². The highest BCUT2D eigenvalue weighted by molar-refractivity contribution is 7.80. The van der Waals surface area contributed by atoms with Gasteiger partial charge >= 0.3 is 6.03 Å². The van der Waals surface area contributed by atoms with Crippen LogP contribution in [0.1, 0.15) is 12.0 Å². The van der Waals surface area contributed by atoms with Gasteiger partial charge < -0.3 is 15.8 Å². The van der Waals surface area contributed by atoms with E-state index in [2.05, 4.69) is 15.7 Å². The molecule has 0 aliphatic carbocycles. The number of nitrogens with zero attached hydrogens (tertiary/aromatic N) is 2. The van der Waals surface area contributed by atoms with Crippen molar-refractivity contribution in [1.29, 1.82) is 0 Å². The lowest BCUT2D eigenvalue weighted by Crippen LogP contribution is -2.38. The number of carbonyl (C=O) groups excluding carboxylic acids is 1. The number of ether oxygens (including phenoxy) is 1. The number of aryl methyl sites for hydroxylation is 1. The zero-order chi connectivity index (χ0) is 13.1. The molecule has 98 valence electrons. The van der Waals surface area contributed by atoms with E-state index in [1.165, 1.54) is 10.9 Å². The SMILES string of the molecule is Cn1ncc(C(N)=S)c1NC(=O)NC1CCOC1. The lowest BCUT2D eigenvalue weighted by atomic mass is 10.3. The number of amides is 2. The summed E-state index contributed by atoms with van der Waals surface area (Å²) in [5.41, 5.74) is 6.10. The molecule has 8 heteroatoms. The Kier molecular flexibility index (Phi) is 3.78. The topological polar surface area (TPSA) is 94.2 Å². The first-order valence-electron chi connectivity index (χ1n) is 5.55. The number of hydrogen-bond acceptors (Lipinski definition) is 4. The van der Waals surface area contributed by atoms with Gasteiger partial charge in [0.25, 0.3) is 0 Å². The van der Waals surface area contributed by atoms with Crippen LogP contribution in [0.4, 0.5) is 10.6 Å². The molecule has 1 unspecified atom stereocenters. The van der Waals surface area contributed by atoms with Crippen LogP contribution in [0.5, 0.6) is 0 Å². The van der Waals surface area contributed by atoms with Gasteiger partial charge in [-0.3, -0.25) is 10.00 Å². The molecule has 1 saturated heterocycles. The van der Waals surface area contributed by atoms with E-state index in [4.69, 9.17) is 22.7 Å². The molecule has 1 fully saturated rings. The highest BCUT2D eigenvalue weighted by Gasteiger charge is 2.19. The Balaban J connectivity index is 2.01. The average molecular weight is 269 g/mol. The van der Waals surface area contributed by atoms with Crippen LogP contribution in [-0.4, -0.2) is 40.1 Å². The molecule has 0 aromatic carbocycles. The van der Waals surface area contributed by atoms with Crippen molar-refractivity contribution in [3.63, 3.8) is 0 Å². The first-order valence-corrected chi connectivity index (χ1v) is 5.96. The zero-order valence-electron chi connectivity index (χ0n) is 9.97. The molecule has 2 heterocycles. The molecule has 0 spiro atoms. The summed E-state index contributed by atoms with van der Waals surface area (Å²) in [4.78, 5) is 12.0. The normalized spacial score (nSPS) is 18.6. The Labute approximate surface area is 110 Å². The maximum Gasteiger partial charge on any atom is 0.320 e. The molecular formula is C10H15N5O2S. The summed E-state index contributed by atoms with van der Waals surface area (Å²) in [7, 11) is 1.70. The number of rotatable bonds is 3. The van der Waals surface area contributed by atoms with Gasteiger partial charge in [-0.05, 0) is 6.42 Å². The van der Waals surface area contributed by atoms with Crippen molar-refractivity contribution in [2.45, 2.75) is 12.5 Å². The fourth-order valence-corrected chi connectivity index (χ4v) is 1.89. The lowest BCUT2D eigenvalue weighted by Gasteiger charge is -2.12. The summed E-state index contributed by atoms with van der Waals surface area (Å²) >= 11 is 4.89. The van der Waals surface area contributed by atoms with Gasteiger partial charge in [-0.1, -0.05) is 12.2 Å². The smallest absolute Gasteiger partial charge is 0.320 e. The first-order chi connectivity index (χ1) is 8.58. The van der Waals surface area contributed by atoms with Crippen molar-refractivity contribution < 1.29 is 9.53 Å². The van der Waals surface area contributed by atoms with Crippen molar-refractivity contribution >= 4 is 29.1 Å². The number of urea groups is 1. The van der Waals surface area contributed by atoms with E-state index in [1.807, 2.05) is 0 Å². The molecule has 4 N–H and O–H groups in total. The summed E-state index contributed by atoms with van der Waals surface area (Å²) < 4.78 is 6.69. The molecule has 0 bridgehead atoms. The van der Waals surface area contributed by atoms with E-state index in [-0.39, 0.29) is 17.1 Å². The van der Waals surface area contributed by atoms with Crippen molar-refractivity contribution in [3.05, 3.63) is 11.8 Å². The third-order valence-electron chi connectivity index (χ3n) is 2.70. The maximum absolute atomic E-state index is 11.8. The van der Waals surface area contributed by atoms with E-state index in [0.29, 0.717) is 24.6 Å². The third kappa shape index (κ3) is 2.77. The van der Waals surface area contributed by atoms with E-state index in [9.17, 15) is 4.79 Å². The summed E-state index contributed by atoms with van der Waals surface area (Å²) in [5, 5.41) is 9.51. The van der Waals surface area contributed by atoms with Crippen molar-refractivity contribution in [3.8, 4) is 0 Å². The summed E-state index contributed by atoms with van der Waals surface area (Å²) in [5.74, 6) is 0.485. The van der Waals surface area contributed by atoms with Gasteiger partial charge in [0.2, 0.25) is 0 Å². The van der Waals surface area contributed by atoms with E-state index in [1.54, 1.807) is 7.05 Å². The highest BCUT2D eigenvalue weighted by atomic mass is 32.1. The van der Waals surface area contributed by atoms with Crippen LogP contribution in [0.2, 0.25) is 0 Å².